The second-order valence-corrected chi connectivity index (χ2v) is 8.82. The summed E-state index contributed by atoms with van der Waals surface area (Å²) in [6.45, 7) is 2.94. The van der Waals surface area contributed by atoms with Crippen molar-refractivity contribution in [2.75, 3.05) is 36.9 Å². The molecule has 1 aliphatic heterocycles. The van der Waals surface area contributed by atoms with Gasteiger partial charge >= 0.3 is 0 Å². The average molecular weight is 449 g/mol. The van der Waals surface area contributed by atoms with Crippen LogP contribution in [-0.2, 0) is 14.8 Å². The van der Waals surface area contributed by atoms with Gasteiger partial charge in [0.25, 0.3) is 5.69 Å². The van der Waals surface area contributed by atoms with E-state index in [0.717, 1.165) is 12.8 Å². The van der Waals surface area contributed by atoms with E-state index in [9.17, 15) is 23.3 Å². The molecule has 1 aliphatic rings. The van der Waals surface area contributed by atoms with Gasteiger partial charge in [0.05, 0.1) is 18.1 Å². The van der Waals surface area contributed by atoms with Gasteiger partial charge in [0.1, 0.15) is 10.6 Å². The molecule has 0 saturated carbocycles. The molecule has 0 bridgehead atoms. The maximum Gasteiger partial charge on any atom is 0.269 e. The molecule has 1 heterocycles. The number of nitrogens with one attached hydrogen (secondary N) is 2. The fraction of sp³-hybridized carbons (Fsp3) is 0.350. The molecular weight excluding hydrogens is 424 g/mol. The molecule has 10 nitrogen and oxygen atoms in total. The Bertz CT molecular complexity index is 1050. The summed E-state index contributed by atoms with van der Waals surface area (Å²) in [6.07, 6.45) is 1.65. The molecule has 2 aromatic rings. The molecule has 1 fully saturated rings. The lowest BCUT2D eigenvalue weighted by Crippen LogP contribution is -2.28. The van der Waals surface area contributed by atoms with Crippen molar-refractivity contribution in [3.8, 4) is 5.75 Å². The molecule has 3 rings (SSSR count). The van der Waals surface area contributed by atoms with Crippen LogP contribution >= 0.6 is 0 Å². The summed E-state index contributed by atoms with van der Waals surface area (Å²) in [5.74, 6) is -0.109. The van der Waals surface area contributed by atoms with Gasteiger partial charge in [-0.05, 0) is 50.1 Å². The summed E-state index contributed by atoms with van der Waals surface area (Å²) in [5.41, 5.74) is 0.804. The van der Waals surface area contributed by atoms with Crippen molar-refractivity contribution >= 4 is 33.0 Å². The van der Waals surface area contributed by atoms with E-state index >= 15 is 0 Å². The van der Waals surface area contributed by atoms with Gasteiger partial charge in [-0.3, -0.25) is 14.9 Å². The molecule has 1 amide bonds. The third kappa shape index (κ3) is 5.50. The molecule has 2 N–H and O–H groups in total. The molecule has 0 atom stereocenters. The standard InChI is InChI=1S/C20H24N4O6S/c1-2-30-18-10-7-16(13-19(18)31(28,29)23-11-3-4-12-23)21-14-20(25)22-15-5-8-17(9-6-15)24(26)27/h5-10,13,21H,2-4,11-12,14H2,1H3,(H,22,25). The molecule has 0 radical (unpaired) electrons. The van der Waals surface area contributed by atoms with Crippen molar-refractivity contribution in [3.63, 3.8) is 0 Å². The Kier molecular flexibility index (Phi) is 7.08. The molecule has 166 valence electrons. The summed E-state index contributed by atoms with van der Waals surface area (Å²) in [7, 11) is -3.70. The number of hydrogen-bond donors (Lipinski definition) is 2. The first-order valence-electron chi connectivity index (χ1n) is 9.86. The van der Waals surface area contributed by atoms with E-state index in [2.05, 4.69) is 10.6 Å². The number of carbonyl (C=O) groups is 1. The highest BCUT2D eigenvalue weighted by atomic mass is 32.2. The lowest BCUT2D eigenvalue weighted by molar-refractivity contribution is -0.384. The van der Waals surface area contributed by atoms with E-state index in [4.69, 9.17) is 4.74 Å². The average Bonchev–Trinajstić information content (AvgIpc) is 3.29. The van der Waals surface area contributed by atoms with E-state index in [1.807, 2.05) is 0 Å². The molecule has 0 unspecified atom stereocenters. The zero-order valence-electron chi connectivity index (χ0n) is 17.0. The van der Waals surface area contributed by atoms with E-state index in [1.54, 1.807) is 19.1 Å². The van der Waals surface area contributed by atoms with E-state index < -0.39 is 14.9 Å². The monoisotopic (exact) mass is 448 g/mol. The maximum absolute atomic E-state index is 13.0. The zero-order valence-corrected chi connectivity index (χ0v) is 17.9. The molecular formula is C20H24N4O6S. The van der Waals surface area contributed by atoms with Gasteiger partial charge in [0.2, 0.25) is 15.9 Å². The van der Waals surface area contributed by atoms with Crippen molar-refractivity contribution in [1.29, 1.82) is 0 Å². The molecule has 0 aliphatic carbocycles. The summed E-state index contributed by atoms with van der Waals surface area (Å²) in [5, 5.41) is 16.2. The Balaban J connectivity index is 1.69. The number of non-ortho nitro benzene ring substituents is 1. The van der Waals surface area contributed by atoms with Crippen LogP contribution in [0.1, 0.15) is 19.8 Å². The smallest absolute Gasteiger partial charge is 0.269 e. The first-order valence-corrected chi connectivity index (χ1v) is 11.3. The molecule has 2 aromatic carbocycles. The number of nitro benzene ring substituents is 1. The number of amides is 1. The summed E-state index contributed by atoms with van der Waals surface area (Å²) < 4.78 is 33.0. The lowest BCUT2D eigenvalue weighted by Gasteiger charge is -2.19. The fourth-order valence-electron chi connectivity index (χ4n) is 3.22. The molecule has 0 aromatic heterocycles. The number of ether oxygens (including phenoxy) is 1. The minimum atomic E-state index is -3.70. The number of anilines is 2. The minimum absolute atomic E-state index is 0.0667. The third-order valence-corrected chi connectivity index (χ3v) is 6.66. The highest BCUT2D eigenvalue weighted by Crippen LogP contribution is 2.31. The van der Waals surface area contributed by atoms with Crippen LogP contribution < -0.4 is 15.4 Å². The van der Waals surface area contributed by atoms with Gasteiger partial charge in [-0.15, -0.1) is 0 Å². The van der Waals surface area contributed by atoms with Gasteiger partial charge in [0, 0.05) is 36.6 Å². The predicted molar refractivity (Wildman–Crippen MR) is 116 cm³/mol. The van der Waals surface area contributed by atoms with Crippen molar-refractivity contribution in [2.45, 2.75) is 24.7 Å². The number of benzene rings is 2. The summed E-state index contributed by atoms with van der Waals surface area (Å²) in [4.78, 5) is 22.4. The largest absolute Gasteiger partial charge is 0.492 e. The van der Waals surface area contributed by atoms with Gasteiger partial charge in [-0.25, -0.2) is 8.42 Å². The lowest BCUT2D eigenvalue weighted by atomic mass is 10.2. The van der Waals surface area contributed by atoms with Gasteiger partial charge in [-0.1, -0.05) is 0 Å². The number of sulfonamides is 1. The van der Waals surface area contributed by atoms with Crippen LogP contribution in [0, 0.1) is 10.1 Å². The van der Waals surface area contributed by atoms with Crippen LogP contribution in [0.25, 0.3) is 0 Å². The number of nitro groups is 1. The van der Waals surface area contributed by atoms with Gasteiger partial charge in [-0.2, -0.15) is 4.31 Å². The van der Waals surface area contributed by atoms with Crippen molar-refractivity contribution in [3.05, 3.63) is 52.6 Å². The Morgan fingerprint density at radius 3 is 2.39 bits per heavy atom. The van der Waals surface area contributed by atoms with Gasteiger partial charge in [0.15, 0.2) is 0 Å². The van der Waals surface area contributed by atoms with E-state index in [1.165, 1.54) is 34.6 Å². The van der Waals surface area contributed by atoms with Crippen molar-refractivity contribution in [1.82, 2.24) is 4.31 Å². The zero-order chi connectivity index (χ0) is 22.4. The predicted octanol–water partition coefficient (Wildman–Crippen LogP) is 2.83. The van der Waals surface area contributed by atoms with E-state index in [-0.39, 0.29) is 28.8 Å². The van der Waals surface area contributed by atoms with Crippen LogP contribution in [0.4, 0.5) is 17.1 Å². The summed E-state index contributed by atoms with van der Waals surface area (Å²) >= 11 is 0. The number of nitrogens with zero attached hydrogens (tertiary/aromatic N) is 2. The molecule has 1 saturated heterocycles. The second kappa shape index (κ2) is 9.75. The van der Waals surface area contributed by atoms with Gasteiger partial charge < -0.3 is 15.4 Å². The number of hydrogen-bond acceptors (Lipinski definition) is 7. The second-order valence-electron chi connectivity index (χ2n) is 6.91. The van der Waals surface area contributed by atoms with Crippen molar-refractivity contribution in [2.24, 2.45) is 0 Å². The fourth-order valence-corrected chi connectivity index (χ4v) is 4.89. The molecule has 11 heteroatoms. The maximum atomic E-state index is 13.0. The Morgan fingerprint density at radius 2 is 1.77 bits per heavy atom. The van der Waals surface area contributed by atoms with Crippen LogP contribution in [0.2, 0.25) is 0 Å². The SMILES string of the molecule is CCOc1ccc(NCC(=O)Nc2ccc([N+](=O)[O-])cc2)cc1S(=O)(=O)N1CCCC1. The Labute approximate surface area is 180 Å². The first-order chi connectivity index (χ1) is 14.8. The van der Waals surface area contributed by atoms with Crippen LogP contribution in [0.5, 0.6) is 5.75 Å². The Hall–Kier alpha value is -3.18. The normalized spacial score (nSPS) is 14.2. The van der Waals surface area contributed by atoms with Crippen LogP contribution in [-0.4, -0.2) is 49.8 Å². The Morgan fingerprint density at radius 1 is 1.13 bits per heavy atom. The third-order valence-electron chi connectivity index (χ3n) is 4.74. The highest BCUT2D eigenvalue weighted by Gasteiger charge is 2.30. The number of carbonyl (C=O) groups excluding carboxylic acids is 1. The van der Waals surface area contributed by atoms with Crippen LogP contribution in [0.3, 0.4) is 0 Å². The molecule has 0 spiro atoms. The minimum Gasteiger partial charge on any atom is -0.492 e. The van der Waals surface area contributed by atoms with E-state index in [0.29, 0.717) is 31.1 Å². The van der Waals surface area contributed by atoms with Crippen molar-refractivity contribution < 1.29 is 22.9 Å². The van der Waals surface area contributed by atoms with Crippen LogP contribution in [0.15, 0.2) is 47.4 Å². The molecule has 31 heavy (non-hydrogen) atoms. The quantitative estimate of drug-likeness (QED) is 0.445. The topological polar surface area (TPSA) is 131 Å². The highest BCUT2D eigenvalue weighted by molar-refractivity contribution is 7.89. The summed E-state index contributed by atoms with van der Waals surface area (Å²) in [6, 6.07) is 10.2. The first kappa shape index (κ1) is 22.5. The number of rotatable bonds is 9.